The van der Waals surface area contributed by atoms with Crippen LogP contribution in [0.4, 0.5) is 17.2 Å². The number of hydrogen-bond donors (Lipinski definition) is 3. The number of nitro benzene ring substituents is 1. The highest BCUT2D eigenvalue weighted by molar-refractivity contribution is 7.92. The van der Waals surface area contributed by atoms with Gasteiger partial charge in [-0.05, 0) is 6.07 Å². The number of nitrogens with zero attached hydrogens (tertiary/aromatic N) is 3. The van der Waals surface area contributed by atoms with Gasteiger partial charge in [0.15, 0.2) is 0 Å². The van der Waals surface area contributed by atoms with Crippen molar-refractivity contribution >= 4 is 27.2 Å². The molecule has 4 N–H and O–H groups in total. The molecule has 0 saturated carbocycles. The summed E-state index contributed by atoms with van der Waals surface area (Å²) in [6.07, 6.45) is 1.41. The number of hydrogen-bond acceptors (Lipinski definition) is 7. The highest BCUT2D eigenvalue weighted by Crippen LogP contribution is 2.27. The number of rotatable bonds is 5. The maximum Gasteiger partial charge on any atom is 0.270 e. The lowest BCUT2D eigenvalue weighted by atomic mass is 10.3. The van der Waals surface area contributed by atoms with Crippen molar-refractivity contribution in [3.8, 4) is 0 Å². The monoisotopic (exact) mass is 312 g/mol. The Hall–Kier alpha value is -2.66. The molecule has 0 aliphatic heterocycles. The lowest BCUT2D eigenvalue weighted by molar-refractivity contribution is -0.385. The first-order valence-corrected chi connectivity index (χ1v) is 7.09. The van der Waals surface area contributed by atoms with E-state index in [4.69, 9.17) is 5.84 Å². The first-order chi connectivity index (χ1) is 9.85. The maximum absolute atomic E-state index is 12.3. The lowest BCUT2D eigenvalue weighted by Crippen LogP contribution is -2.19. The molecule has 10 nitrogen and oxygen atoms in total. The van der Waals surface area contributed by atoms with Crippen LogP contribution in [0.2, 0.25) is 0 Å². The summed E-state index contributed by atoms with van der Waals surface area (Å²) in [4.78, 5) is 9.75. The molecule has 0 unspecified atom stereocenters. The Morgan fingerprint density at radius 1 is 1.38 bits per heavy atom. The molecule has 2 rings (SSSR count). The number of nitro groups is 1. The Bertz CT molecular complexity index is 785. The minimum absolute atomic E-state index is 0.0373. The van der Waals surface area contributed by atoms with Gasteiger partial charge in [-0.15, -0.1) is 0 Å². The summed E-state index contributed by atoms with van der Waals surface area (Å²) in [5.41, 5.74) is 1.87. The Balaban J connectivity index is 2.50. The van der Waals surface area contributed by atoms with Crippen LogP contribution in [0.5, 0.6) is 0 Å². The molecule has 21 heavy (non-hydrogen) atoms. The van der Waals surface area contributed by atoms with Gasteiger partial charge in [0.05, 0.1) is 16.8 Å². The molecule has 1 aromatic carbocycles. The molecule has 0 saturated heterocycles. The Kier molecular flexibility index (Phi) is 3.78. The van der Waals surface area contributed by atoms with Gasteiger partial charge in [-0.2, -0.15) is 5.10 Å². The van der Waals surface area contributed by atoms with Gasteiger partial charge in [-0.3, -0.25) is 25.4 Å². The molecule has 1 heterocycles. The van der Waals surface area contributed by atoms with Crippen molar-refractivity contribution in [2.45, 2.75) is 4.90 Å². The maximum atomic E-state index is 12.3. The molecule has 112 valence electrons. The van der Waals surface area contributed by atoms with Crippen molar-refractivity contribution in [3.63, 3.8) is 0 Å². The van der Waals surface area contributed by atoms with Crippen molar-refractivity contribution in [2.75, 3.05) is 10.1 Å². The summed E-state index contributed by atoms with van der Waals surface area (Å²) < 4.78 is 28.3. The van der Waals surface area contributed by atoms with Crippen LogP contribution >= 0.6 is 0 Å². The van der Waals surface area contributed by atoms with Gasteiger partial charge >= 0.3 is 0 Å². The second-order valence-electron chi connectivity index (χ2n) is 4.03. The second kappa shape index (κ2) is 5.38. The molecular weight excluding hydrogens is 300 g/mol. The number of sulfonamides is 1. The van der Waals surface area contributed by atoms with E-state index in [1.807, 2.05) is 0 Å². The lowest BCUT2D eigenvalue weighted by Gasteiger charge is -2.11. The van der Waals surface area contributed by atoms with Crippen LogP contribution in [-0.4, -0.2) is 23.1 Å². The second-order valence-corrected chi connectivity index (χ2v) is 5.68. The van der Waals surface area contributed by atoms with Crippen LogP contribution in [0, 0.1) is 10.1 Å². The predicted octanol–water partition coefficient (Wildman–Crippen LogP) is 0.415. The average molecular weight is 312 g/mol. The number of hydrazine groups is 1. The Labute approximate surface area is 119 Å². The topological polar surface area (TPSA) is 145 Å². The first-order valence-electron chi connectivity index (χ1n) is 5.61. The molecule has 1 aromatic heterocycles. The molecule has 11 heteroatoms. The molecule has 2 aromatic rings. The van der Waals surface area contributed by atoms with Crippen LogP contribution in [0.25, 0.3) is 0 Å². The van der Waals surface area contributed by atoms with E-state index in [1.54, 1.807) is 7.05 Å². The molecule has 0 radical (unpaired) electrons. The summed E-state index contributed by atoms with van der Waals surface area (Å²) in [7, 11) is -2.51. The molecule has 0 bridgehead atoms. The zero-order valence-electron chi connectivity index (χ0n) is 10.8. The molecule has 0 spiro atoms. The highest BCUT2D eigenvalue weighted by atomic mass is 32.2. The third-order valence-corrected chi connectivity index (χ3v) is 4.08. The van der Waals surface area contributed by atoms with Gasteiger partial charge in [0.2, 0.25) is 0 Å². The summed E-state index contributed by atoms with van der Waals surface area (Å²) in [6.45, 7) is 0. The van der Waals surface area contributed by atoms with Crippen LogP contribution in [0.3, 0.4) is 0 Å². The van der Waals surface area contributed by atoms with Gasteiger partial charge in [-0.1, -0.05) is 0 Å². The standard InChI is InChI=1S/C10H12N6O4S/c1-15-10(4-5-12-15)14-21(19,20)9-6-7(16(17)18)2-3-8(9)13-11/h2-6,13-14H,11H2,1H3. The van der Waals surface area contributed by atoms with Gasteiger partial charge in [0.1, 0.15) is 10.7 Å². The number of non-ortho nitro benzene ring substituents is 1. The quantitative estimate of drug-likeness (QED) is 0.412. The van der Waals surface area contributed by atoms with Crippen molar-refractivity contribution in [3.05, 3.63) is 40.6 Å². The minimum Gasteiger partial charge on any atom is -0.323 e. The number of aryl methyl sites for hydroxylation is 1. The van der Waals surface area contributed by atoms with E-state index in [0.29, 0.717) is 0 Å². The van der Waals surface area contributed by atoms with Crippen molar-refractivity contribution in [1.82, 2.24) is 9.78 Å². The first kappa shape index (κ1) is 14.7. The summed E-state index contributed by atoms with van der Waals surface area (Å²) in [6, 6.07) is 4.74. The molecule has 0 fully saturated rings. The number of nitrogens with one attached hydrogen (secondary N) is 2. The van der Waals surface area contributed by atoms with E-state index in [1.165, 1.54) is 23.0 Å². The van der Waals surface area contributed by atoms with Crippen molar-refractivity contribution in [2.24, 2.45) is 12.9 Å². The van der Waals surface area contributed by atoms with E-state index in [-0.39, 0.29) is 22.1 Å². The van der Waals surface area contributed by atoms with Gasteiger partial charge in [-0.25, -0.2) is 8.42 Å². The third kappa shape index (κ3) is 2.93. The van der Waals surface area contributed by atoms with Crippen LogP contribution in [0.15, 0.2) is 35.4 Å². The highest BCUT2D eigenvalue weighted by Gasteiger charge is 2.23. The minimum atomic E-state index is -4.06. The molecule has 0 aliphatic rings. The summed E-state index contributed by atoms with van der Waals surface area (Å²) >= 11 is 0. The van der Waals surface area contributed by atoms with E-state index in [2.05, 4.69) is 15.2 Å². The van der Waals surface area contributed by atoms with E-state index in [9.17, 15) is 18.5 Å². The zero-order chi connectivity index (χ0) is 15.6. The number of benzene rings is 1. The normalized spacial score (nSPS) is 11.1. The molecule has 0 aliphatic carbocycles. The fraction of sp³-hybridized carbons (Fsp3) is 0.100. The van der Waals surface area contributed by atoms with Crippen LogP contribution in [0.1, 0.15) is 0 Å². The average Bonchev–Trinajstić information content (AvgIpc) is 2.82. The number of nitrogen functional groups attached to an aromatic ring is 1. The molecule has 0 atom stereocenters. The zero-order valence-corrected chi connectivity index (χ0v) is 11.7. The summed E-state index contributed by atoms with van der Waals surface area (Å²) in [5.74, 6) is 5.46. The SMILES string of the molecule is Cn1nccc1NS(=O)(=O)c1cc([N+](=O)[O-])ccc1NN. The van der Waals surface area contributed by atoms with Crippen molar-refractivity contribution < 1.29 is 13.3 Å². The van der Waals surface area contributed by atoms with Gasteiger partial charge in [0, 0.05) is 25.2 Å². The third-order valence-electron chi connectivity index (χ3n) is 2.68. The largest absolute Gasteiger partial charge is 0.323 e. The predicted molar refractivity (Wildman–Crippen MR) is 74.9 cm³/mol. The number of nitrogens with two attached hydrogens (primary N) is 1. The molecular formula is C10H12N6O4S. The van der Waals surface area contributed by atoms with E-state index in [0.717, 1.165) is 12.1 Å². The number of aromatic nitrogens is 2. The Morgan fingerprint density at radius 3 is 2.62 bits per heavy atom. The van der Waals surface area contributed by atoms with E-state index >= 15 is 0 Å². The van der Waals surface area contributed by atoms with Crippen molar-refractivity contribution in [1.29, 1.82) is 0 Å². The van der Waals surface area contributed by atoms with E-state index < -0.39 is 14.9 Å². The van der Waals surface area contributed by atoms with Crippen LogP contribution in [-0.2, 0) is 17.1 Å². The number of anilines is 2. The molecule has 0 amide bonds. The van der Waals surface area contributed by atoms with Gasteiger partial charge < -0.3 is 5.43 Å². The Morgan fingerprint density at radius 2 is 2.10 bits per heavy atom. The summed E-state index contributed by atoms with van der Waals surface area (Å²) in [5, 5.41) is 14.6. The smallest absolute Gasteiger partial charge is 0.270 e. The van der Waals surface area contributed by atoms with Gasteiger partial charge in [0.25, 0.3) is 15.7 Å². The fourth-order valence-corrected chi connectivity index (χ4v) is 2.91. The fourth-order valence-electron chi connectivity index (χ4n) is 1.63. The van der Waals surface area contributed by atoms with Crippen LogP contribution < -0.4 is 16.0 Å².